The molecular weight excluding hydrogens is 222 g/mol. The zero-order valence-corrected chi connectivity index (χ0v) is 9.83. The van der Waals surface area contributed by atoms with Crippen LogP contribution in [0.1, 0.15) is 36.4 Å². The Hall–Kier alpha value is -1.02. The fourth-order valence-electron chi connectivity index (χ4n) is 2.88. The lowest BCUT2D eigenvalue weighted by Gasteiger charge is -2.23. The molecule has 2 aliphatic rings. The highest BCUT2D eigenvalue weighted by molar-refractivity contribution is 6.30. The van der Waals surface area contributed by atoms with Crippen molar-refractivity contribution >= 4 is 17.5 Å². The van der Waals surface area contributed by atoms with Crippen LogP contribution >= 0.6 is 11.6 Å². The Labute approximate surface area is 100 Å². The topological polar surface area (TPSA) is 20.3 Å². The number of amides is 1. The summed E-state index contributed by atoms with van der Waals surface area (Å²) in [6.45, 7) is 0.912. The molecule has 2 nitrogen and oxygen atoms in total. The summed E-state index contributed by atoms with van der Waals surface area (Å²) in [5, 5.41) is 0.778. The smallest absolute Gasteiger partial charge is 0.223 e. The molecule has 1 aromatic carbocycles. The van der Waals surface area contributed by atoms with Crippen molar-refractivity contribution in [2.24, 2.45) is 0 Å². The molecule has 84 valence electrons. The highest BCUT2D eigenvalue weighted by Crippen LogP contribution is 2.38. The fraction of sp³-hybridized carbons (Fsp3) is 0.462. The summed E-state index contributed by atoms with van der Waals surface area (Å²) < 4.78 is 0. The number of benzene rings is 1. The molecule has 1 fully saturated rings. The third-order valence-corrected chi connectivity index (χ3v) is 3.88. The Morgan fingerprint density at radius 2 is 2.19 bits per heavy atom. The average Bonchev–Trinajstić information content (AvgIpc) is 2.71. The average molecular weight is 236 g/mol. The molecule has 1 saturated heterocycles. The van der Waals surface area contributed by atoms with Crippen LogP contribution in [-0.2, 0) is 11.2 Å². The van der Waals surface area contributed by atoms with Gasteiger partial charge in [-0.1, -0.05) is 17.7 Å². The highest BCUT2D eigenvalue weighted by Gasteiger charge is 2.33. The second-order valence-electron chi connectivity index (χ2n) is 4.59. The summed E-state index contributed by atoms with van der Waals surface area (Å²) in [6.07, 6.45) is 3.70. The van der Waals surface area contributed by atoms with E-state index in [1.165, 1.54) is 11.1 Å². The third kappa shape index (κ3) is 1.52. The minimum Gasteiger partial charge on any atom is -0.336 e. The van der Waals surface area contributed by atoms with Gasteiger partial charge >= 0.3 is 0 Å². The lowest BCUT2D eigenvalue weighted by Crippen LogP contribution is -2.28. The van der Waals surface area contributed by atoms with Crippen LogP contribution in [0.25, 0.3) is 0 Å². The number of hydrogen-bond donors (Lipinski definition) is 0. The molecule has 0 aromatic heterocycles. The quantitative estimate of drug-likeness (QED) is 0.677. The molecule has 0 radical (unpaired) electrons. The summed E-state index contributed by atoms with van der Waals surface area (Å²) in [6, 6.07) is 6.32. The van der Waals surface area contributed by atoms with E-state index in [1.807, 2.05) is 17.0 Å². The number of carbonyl (C=O) groups is 1. The van der Waals surface area contributed by atoms with Gasteiger partial charge in [0.25, 0.3) is 0 Å². The number of nitrogens with zero attached hydrogens (tertiary/aromatic N) is 1. The molecule has 3 heteroatoms. The molecule has 2 heterocycles. The van der Waals surface area contributed by atoms with E-state index < -0.39 is 0 Å². The maximum atomic E-state index is 11.9. The Kier molecular flexibility index (Phi) is 2.40. The Morgan fingerprint density at radius 3 is 3.06 bits per heavy atom. The summed E-state index contributed by atoms with van der Waals surface area (Å²) in [7, 11) is 0. The maximum Gasteiger partial charge on any atom is 0.223 e. The Bertz CT molecular complexity index is 444. The molecular formula is C13H14ClNO. The molecule has 0 spiro atoms. The molecule has 1 aromatic rings. The molecule has 2 aliphatic heterocycles. The predicted molar refractivity (Wildman–Crippen MR) is 63.5 cm³/mol. The van der Waals surface area contributed by atoms with Gasteiger partial charge in [-0.05, 0) is 42.5 Å². The molecule has 1 atom stereocenters. The lowest BCUT2D eigenvalue weighted by atomic mass is 9.97. The molecule has 0 saturated carbocycles. The van der Waals surface area contributed by atoms with Crippen molar-refractivity contribution in [3.63, 3.8) is 0 Å². The number of rotatable bonds is 0. The monoisotopic (exact) mass is 235 g/mol. The summed E-state index contributed by atoms with van der Waals surface area (Å²) in [4.78, 5) is 14.0. The maximum absolute atomic E-state index is 11.9. The molecule has 0 bridgehead atoms. The van der Waals surface area contributed by atoms with E-state index in [-0.39, 0.29) is 6.04 Å². The van der Waals surface area contributed by atoms with Gasteiger partial charge in [-0.15, -0.1) is 0 Å². The van der Waals surface area contributed by atoms with Crippen LogP contribution in [0.15, 0.2) is 18.2 Å². The van der Waals surface area contributed by atoms with Gasteiger partial charge < -0.3 is 4.90 Å². The number of halogens is 1. The van der Waals surface area contributed by atoms with E-state index in [9.17, 15) is 4.79 Å². The van der Waals surface area contributed by atoms with Crippen LogP contribution in [0.3, 0.4) is 0 Å². The van der Waals surface area contributed by atoms with Gasteiger partial charge in [0.15, 0.2) is 0 Å². The Morgan fingerprint density at radius 1 is 1.31 bits per heavy atom. The van der Waals surface area contributed by atoms with Crippen LogP contribution in [0.4, 0.5) is 0 Å². The van der Waals surface area contributed by atoms with Crippen molar-refractivity contribution in [3.8, 4) is 0 Å². The largest absolute Gasteiger partial charge is 0.336 e. The molecule has 0 N–H and O–H groups in total. The van der Waals surface area contributed by atoms with E-state index in [2.05, 4.69) is 6.07 Å². The SMILES string of the molecule is O=C1CCc2ccc(Cl)cc2C2CCCN12. The summed E-state index contributed by atoms with van der Waals surface area (Å²) in [5.74, 6) is 0.301. The van der Waals surface area contributed by atoms with Crippen molar-refractivity contribution in [2.45, 2.75) is 31.7 Å². The third-order valence-electron chi connectivity index (χ3n) is 3.65. The van der Waals surface area contributed by atoms with Crippen molar-refractivity contribution in [2.75, 3.05) is 6.54 Å². The Balaban J connectivity index is 2.10. The molecule has 16 heavy (non-hydrogen) atoms. The number of hydrogen-bond acceptors (Lipinski definition) is 1. The number of aryl methyl sites for hydroxylation is 1. The van der Waals surface area contributed by atoms with E-state index in [0.717, 1.165) is 30.8 Å². The standard InChI is InChI=1S/C13H14ClNO/c14-10-5-3-9-4-6-13(16)15-7-1-2-12(15)11(9)8-10/h3,5,8,12H,1-2,4,6-7H2. The first kappa shape index (κ1) is 10.2. The first-order valence-corrected chi connectivity index (χ1v) is 6.21. The molecule has 1 amide bonds. The van der Waals surface area contributed by atoms with E-state index in [1.54, 1.807) is 0 Å². The van der Waals surface area contributed by atoms with Crippen molar-refractivity contribution < 1.29 is 4.79 Å². The number of carbonyl (C=O) groups excluding carboxylic acids is 1. The molecule has 0 aliphatic carbocycles. The normalized spacial score (nSPS) is 23.9. The van der Waals surface area contributed by atoms with Crippen LogP contribution in [-0.4, -0.2) is 17.4 Å². The highest BCUT2D eigenvalue weighted by atomic mass is 35.5. The van der Waals surface area contributed by atoms with Gasteiger partial charge in [0, 0.05) is 18.0 Å². The minimum atomic E-state index is 0.281. The van der Waals surface area contributed by atoms with Crippen molar-refractivity contribution in [3.05, 3.63) is 34.3 Å². The first-order valence-electron chi connectivity index (χ1n) is 5.83. The minimum absolute atomic E-state index is 0.281. The zero-order chi connectivity index (χ0) is 11.1. The van der Waals surface area contributed by atoms with Crippen LogP contribution in [0, 0.1) is 0 Å². The number of fused-ring (bicyclic) bond motifs is 3. The van der Waals surface area contributed by atoms with Crippen LogP contribution in [0.2, 0.25) is 5.02 Å². The van der Waals surface area contributed by atoms with Crippen molar-refractivity contribution in [1.82, 2.24) is 4.90 Å². The molecule has 1 unspecified atom stereocenters. The van der Waals surface area contributed by atoms with Gasteiger partial charge in [-0.25, -0.2) is 0 Å². The molecule has 3 rings (SSSR count). The zero-order valence-electron chi connectivity index (χ0n) is 9.08. The van der Waals surface area contributed by atoms with Gasteiger partial charge in [0.2, 0.25) is 5.91 Å². The van der Waals surface area contributed by atoms with E-state index >= 15 is 0 Å². The van der Waals surface area contributed by atoms with E-state index in [0.29, 0.717) is 12.3 Å². The second kappa shape index (κ2) is 3.77. The predicted octanol–water partition coefficient (Wildman–Crippen LogP) is 2.95. The fourth-order valence-corrected chi connectivity index (χ4v) is 3.06. The van der Waals surface area contributed by atoms with Gasteiger partial charge in [0.05, 0.1) is 6.04 Å². The second-order valence-corrected chi connectivity index (χ2v) is 5.02. The summed E-state index contributed by atoms with van der Waals surface area (Å²) >= 11 is 6.05. The first-order chi connectivity index (χ1) is 7.75. The van der Waals surface area contributed by atoms with E-state index in [4.69, 9.17) is 11.6 Å². The van der Waals surface area contributed by atoms with Gasteiger partial charge in [-0.2, -0.15) is 0 Å². The van der Waals surface area contributed by atoms with Gasteiger partial charge in [-0.3, -0.25) is 4.79 Å². The van der Waals surface area contributed by atoms with Crippen molar-refractivity contribution in [1.29, 1.82) is 0 Å². The van der Waals surface area contributed by atoms with Crippen LogP contribution in [0.5, 0.6) is 0 Å². The van der Waals surface area contributed by atoms with Gasteiger partial charge in [0.1, 0.15) is 0 Å². The summed E-state index contributed by atoms with van der Waals surface area (Å²) in [5.41, 5.74) is 2.57. The lowest BCUT2D eigenvalue weighted by molar-refractivity contribution is -0.131. The van der Waals surface area contributed by atoms with Crippen LogP contribution < -0.4 is 0 Å².